The number of benzene rings is 1. The molecule has 0 fully saturated rings. The first-order valence-electron chi connectivity index (χ1n) is 5.30. The Morgan fingerprint density at radius 1 is 1.24 bits per heavy atom. The molecule has 1 aromatic carbocycles. The molecule has 3 heteroatoms. The second-order valence-corrected chi connectivity index (χ2v) is 4.00. The summed E-state index contributed by atoms with van der Waals surface area (Å²) in [6.07, 6.45) is 3.30. The monoisotopic (exact) mass is 229 g/mol. The summed E-state index contributed by atoms with van der Waals surface area (Å²) in [6.45, 7) is 3.36. The van der Waals surface area contributed by atoms with Gasteiger partial charge >= 0.3 is 0 Å². The number of hydrogen-bond acceptors (Lipinski definition) is 2. The lowest BCUT2D eigenvalue weighted by atomic mass is 10.0. The van der Waals surface area contributed by atoms with Crippen LogP contribution in [0.25, 0.3) is 11.1 Å². The van der Waals surface area contributed by atoms with Gasteiger partial charge in [0.05, 0.1) is 0 Å². The lowest BCUT2D eigenvalue weighted by Gasteiger charge is -2.05. The average Bonchev–Trinajstić information content (AvgIpc) is 2.29. The van der Waals surface area contributed by atoms with Gasteiger partial charge in [0.25, 0.3) is 0 Å². The smallest absolute Gasteiger partial charge is 0.159 e. The van der Waals surface area contributed by atoms with E-state index in [0.29, 0.717) is 16.7 Å². The molecule has 0 aliphatic heterocycles. The van der Waals surface area contributed by atoms with Gasteiger partial charge in [0, 0.05) is 29.1 Å². The van der Waals surface area contributed by atoms with Gasteiger partial charge in [-0.2, -0.15) is 0 Å². The van der Waals surface area contributed by atoms with Crippen LogP contribution < -0.4 is 0 Å². The van der Waals surface area contributed by atoms with Gasteiger partial charge in [-0.05, 0) is 43.7 Å². The fourth-order valence-corrected chi connectivity index (χ4v) is 1.67. The molecule has 1 heterocycles. The highest BCUT2D eigenvalue weighted by Crippen LogP contribution is 2.24. The number of aromatic nitrogens is 1. The Hall–Kier alpha value is -2.03. The molecule has 2 aromatic rings. The maximum Gasteiger partial charge on any atom is 0.159 e. The zero-order chi connectivity index (χ0) is 12.4. The van der Waals surface area contributed by atoms with Crippen LogP contribution in [0.4, 0.5) is 4.39 Å². The van der Waals surface area contributed by atoms with Crippen LogP contribution in [0.2, 0.25) is 0 Å². The summed E-state index contributed by atoms with van der Waals surface area (Å²) in [6, 6.07) is 6.21. The molecule has 0 aliphatic rings. The van der Waals surface area contributed by atoms with Crippen LogP contribution in [0, 0.1) is 12.7 Å². The first-order valence-corrected chi connectivity index (χ1v) is 5.30. The van der Waals surface area contributed by atoms with E-state index < -0.39 is 0 Å². The molecule has 0 radical (unpaired) electrons. The van der Waals surface area contributed by atoms with Crippen molar-refractivity contribution in [3.05, 3.63) is 53.6 Å². The van der Waals surface area contributed by atoms with Gasteiger partial charge in [-0.25, -0.2) is 4.39 Å². The minimum atomic E-state index is -0.345. The van der Waals surface area contributed by atoms with Crippen LogP contribution in [-0.2, 0) is 0 Å². The zero-order valence-corrected chi connectivity index (χ0v) is 9.70. The largest absolute Gasteiger partial charge is 0.295 e. The number of nitrogens with zero attached hydrogens (tertiary/aromatic N) is 1. The predicted octanol–water partition coefficient (Wildman–Crippen LogP) is 3.40. The standard InChI is InChI=1S/C14H12FNO/c1-9-5-12(8-16-7-9)13-6-11(10(2)17)3-4-14(13)15/h3-8H,1-2H3. The summed E-state index contributed by atoms with van der Waals surface area (Å²) in [7, 11) is 0. The molecule has 0 saturated carbocycles. The lowest BCUT2D eigenvalue weighted by molar-refractivity contribution is 0.101. The summed E-state index contributed by atoms with van der Waals surface area (Å²) < 4.78 is 13.7. The molecule has 86 valence electrons. The minimum Gasteiger partial charge on any atom is -0.295 e. The summed E-state index contributed by atoms with van der Waals surface area (Å²) in [5.41, 5.74) is 2.55. The van der Waals surface area contributed by atoms with Crippen molar-refractivity contribution in [1.29, 1.82) is 0 Å². The third-order valence-electron chi connectivity index (χ3n) is 2.56. The molecular weight excluding hydrogens is 217 g/mol. The average molecular weight is 229 g/mol. The molecule has 0 spiro atoms. The maximum absolute atomic E-state index is 13.7. The molecule has 0 unspecified atom stereocenters. The first-order chi connectivity index (χ1) is 8.08. The predicted molar refractivity (Wildman–Crippen MR) is 64.4 cm³/mol. The number of halogens is 1. The van der Waals surface area contributed by atoms with E-state index in [1.807, 2.05) is 13.0 Å². The Morgan fingerprint density at radius 2 is 2.00 bits per heavy atom. The van der Waals surface area contributed by atoms with Gasteiger partial charge < -0.3 is 0 Å². The highest BCUT2D eigenvalue weighted by atomic mass is 19.1. The topological polar surface area (TPSA) is 30.0 Å². The maximum atomic E-state index is 13.7. The molecule has 2 rings (SSSR count). The molecule has 0 bridgehead atoms. The van der Waals surface area contributed by atoms with Crippen molar-refractivity contribution in [2.24, 2.45) is 0 Å². The quantitative estimate of drug-likeness (QED) is 0.739. The third kappa shape index (κ3) is 2.38. The molecule has 2 nitrogen and oxygen atoms in total. The molecule has 0 atom stereocenters. The van der Waals surface area contributed by atoms with Crippen molar-refractivity contribution in [1.82, 2.24) is 4.98 Å². The Labute approximate surface area is 99.1 Å². The molecule has 0 N–H and O–H groups in total. The molecule has 0 saturated heterocycles. The van der Waals surface area contributed by atoms with Crippen LogP contribution in [0.15, 0.2) is 36.7 Å². The van der Waals surface area contributed by atoms with Gasteiger partial charge in [-0.3, -0.25) is 9.78 Å². The minimum absolute atomic E-state index is 0.0770. The number of ketones is 1. The number of Topliss-reactive ketones (excluding diaryl/α,β-unsaturated/α-hetero) is 1. The second-order valence-electron chi connectivity index (χ2n) is 4.00. The van der Waals surface area contributed by atoms with E-state index in [9.17, 15) is 9.18 Å². The van der Waals surface area contributed by atoms with Crippen LogP contribution in [0.5, 0.6) is 0 Å². The van der Waals surface area contributed by atoms with Crippen LogP contribution >= 0.6 is 0 Å². The van der Waals surface area contributed by atoms with Gasteiger partial charge in [-0.15, -0.1) is 0 Å². The number of hydrogen-bond donors (Lipinski definition) is 0. The Morgan fingerprint density at radius 3 is 2.65 bits per heavy atom. The second kappa shape index (κ2) is 4.45. The van der Waals surface area contributed by atoms with Crippen molar-refractivity contribution < 1.29 is 9.18 Å². The van der Waals surface area contributed by atoms with Gasteiger partial charge in [0.2, 0.25) is 0 Å². The first kappa shape index (κ1) is 11.5. The van der Waals surface area contributed by atoms with E-state index in [2.05, 4.69) is 4.98 Å². The van der Waals surface area contributed by atoms with Crippen molar-refractivity contribution in [3.63, 3.8) is 0 Å². The van der Waals surface area contributed by atoms with Crippen molar-refractivity contribution in [3.8, 4) is 11.1 Å². The van der Waals surface area contributed by atoms with Crippen molar-refractivity contribution >= 4 is 5.78 Å². The van der Waals surface area contributed by atoms with Gasteiger partial charge in [-0.1, -0.05) is 0 Å². The van der Waals surface area contributed by atoms with Crippen molar-refractivity contribution in [2.75, 3.05) is 0 Å². The molecule has 0 amide bonds. The Balaban J connectivity index is 2.58. The fourth-order valence-electron chi connectivity index (χ4n) is 1.67. The summed E-state index contributed by atoms with van der Waals surface area (Å²) in [5.74, 6) is -0.422. The number of carbonyl (C=O) groups is 1. The molecule has 1 aromatic heterocycles. The van der Waals surface area contributed by atoms with Crippen molar-refractivity contribution in [2.45, 2.75) is 13.8 Å². The summed E-state index contributed by atoms with van der Waals surface area (Å²) in [5, 5.41) is 0. The fraction of sp³-hybridized carbons (Fsp3) is 0.143. The van der Waals surface area contributed by atoms with Gasteiger partial charge in [0.15, 0.2) is 5.78 Å². The number of rotatable bonds is 2. The number of carbonyl (C=O) groups excluding carboxylic acids is 1. The highest BCUT2D eigenvalue weighted by Gasteiger charge is 2.08. The van der Waals surface area contributed by atoms with E-state index in [1.54, 1.807) is 18.5 Å². The highest BCUT2D eigenvalue weighted by molar-refractivity contribution is 5.95. The SMILES string of the molecule is CC(=O)c1ccc(F)c(-c2cncc(C)c2)c1. The van der Waals surface area contributed by atoms with E-state index in [4.69, 9.17) is 0 Å². The normalized spacial score (nSPS) is 10.3. The van der Waals surface area contributed by atoms with E-state index in [1.165, 1.54) is 19.1 Å². The third-order valence-corrected chi connectivity index (χ3v) is 2.56. The van der Waals surface area contributed by atoms with Gasteiger partial charge in [0.1, 0.15) is 5.82 Å². The number of pyridine rings is 1. The van der Waals surface area contributed by atoms with E-state index >= 15 is 0 Å². The summed E-state index contributed by atoms with van der Waals surface area (Å²) in [4.78, 5) is 15.3. The van der Waals surface area contributed by atoms with Crippen LogP contribution in [-0.4, -0.2) is 10.8 Å². The summed E-state index contributed by atoms with van der Waals surface area (Å²) >= 11 is 0. The number of aryl methyl sites for hydroxylation is 1. The molecule has 0 aliphatic carbocycles. The van der Waals surface area contributed by atoms with Crippen LogP contribution in [0.1, 0.15) is 22.8 Å². The Bertz CT molecular complexity index is 578. The molecular formula is C14H12FNO. The molecule has 17 heavy (non-hydrogen) atoms. The van der Waals surface area contributed by atoms with E-state index in [-0.39, 0.29) is 11.6 Å². The zero-order valence-electron chi connectivity index (χ0n) is 9.70. The lowest BCUT2D eigenvalue weighted by Crippen LogP contribution is -1.95. The van der Waals surface area contributed by atoms with Crippen LogP contribution in [0.3, 0.4) is 0 Å². The Kier molecular flexibility index (Phi) is 3.00. The van der Waals surface area contributed by atoms with E-state index in [0.717, 1.165) is 5.56 Å².